The Hall–Kier alpha value is -1.20. The Balaban J connectivity index is 2.62. The Morgan fingerprint density at radius 3 is 2.35 bits per heavy atom. The summed E-state index contributed by atoms with van der Waals surface area (Å²) in [7, 11) is -0.860. The van der Waals surface area contributed by atoms with Crippen LogP contribution in [0, 0.1) is 0 Å². The highest BCUT2D eigenvalue weighted by Gasteiger charge is 2.26. The molecule has 0 saturated heterocycles. The van der Waals surface area contributed by atoms with E-state index in [4.69, 9.17) is 18.5 Å². The second-order valence-corrected chi connectivity index (χ2v) is 8.16. The first kappa shape index (κ1) is 19.8. The van der Waals surface area contributed by atoms with Crippen molar-refractivity contribution in [3.63, 3.8) is 0 Å². The molecule has 0 aliphatic heterocycles. The van der Waals surface area contributed by atoms with Gasteiger partial charge in [0, 0.05) is 19.8 Å². The molecule has 0 heterocycles. The van der Waals surface area contributed by atoms with Gasteiger partial charge in [0.2, 0.25) is 0 Å². The van der Waals surface area contributed by atoms with E-state index in [0.717, 1.165) is 0 Å². The number of hydrogen-bond donors (Lipinski definition) is 0. The van der Waals surface area contributed by atoms with Crippen molar-refractivity contribution < 1.29 is 27.9 Å². The van der Waals surface area contributed by atoms with Crippen molar-refractivity contribution in [2.75, 3.05) is 33.6 Å². The number of ether oxygens (including phenoxy) is 2. The summed E-state index contributed by atoms with van der Waals surface area (Å²) in [5.41, 5.74) is 0.177. The van der Waals surface area contributed by atoms with Gasteiger partial charge in [0.25, 0.3) is 0 Å². The molecule has 0 N–H and O–H groups in total. The molecule has 1 aromatic carbocycles. The van der Waals surface area contributed by atoms with Crippen molar-refractivity contribution in [3.8, 4) is 5.75 Å². The van der Waals surface area contributed by atoms with Gasteiger partial charge in [-0.15, -0.1) is 0 Å². The molecule has 0 atom stereocenters. The van der Waals surface area contributed by atoms with Gasteiger partial charge in [-0.2, -0.15) is 0 Å². The summed E-state index contributed by atoms with van der Waals surface area (Å²) in [6.07, 6.45) is -0.309. The molecule has 0 saturated carbocycles. The van der Waals surface area contributed by atoms with E-state index in [1.165, 1.54) is 14.2 Å². The van der Waals surface area contributed by atoms with Gasteiger partial charge in [-0.05, 0) is 32.9 Å². The van der Waals surface area contributed by atoms with Gasteiger partial charge in [-0.3, -0.25) is 9.36 Å². The van der Waals surface area contributed by atoms with Crippen LogP contribution in [0.3, 0.4) is 0 Å². The summed E-state index contributed by atoms with van der Waals surface area (Å²) >= 11 is 0. The molecule has 0 radical (unpaired) electrons. The Morgan fingerprint density at radius 2 is 1.78 bits per heavy atom. The summed E-state index contributed by atoms with van der Waals surface area (Å²) in [5.74, 6) is 0.228. The third-order valence-electron chi connectivity index (χ3n) is 2.94. The number of Topliss-reactive ketones (excluding diaryl/α,β-unsaturated/α-hetero) is 1. The lowest BCUT2D eigenvalue weighted by atomic mass is 10.1. The molecule has 1 aromatic rings. The van der Waals surface area contributed by atoms with Crippen molar-refractivity contribution in [2.45, 2.75) is 26.4 Å². The van der Waals surface area contributed by atoms with E-state index in [2.05, 4.69) is 0 Å². The second kappa shape index (κ2) is 8.60. The van der Waals surface area contributed by atoms with Crippen LogP contribution in [0.4, 0.5) is 0 Å². The van der Waals surface area contributed by atoms with Gasteiger partial charge in [0.15, 0.2) is 5.78 Å². The van der Waals surface area contributed by atoms with Crippen LogP contribution in [0.2, 0.25) is 0 Å². The summed E-state index contributed by atoms with van der Waals surface area (Å²) in [6, 6.07) is 6.70. The van der Waals surface area contributed by atoms with Gasteiger partial charge in [0.05, 0.1) is 12.2 Å². The lowest BCUT2D eigenvalue weighted by Crippen LogP contribution is -2.22. The molecule has 0 spiro atoms. The molecular weight excluding hydrogens is 319 g/mol. The average molecular weight is 344 g/mol. The number of carbonyl (C=O) groups excluding carboxylic acids is 1. The van der Waals surface area contributed by atoms with E-state index < -0.39 is 7.60 Å². The highest BCUT2D eigenvalue weighted by atomic mass is 31.2. The number of ketones is 1. The van der Waals surface area contributed by atoms with E-state index in [1.54, 1.807) is 24.3 Å². The highest BCUT2D eigenvalue weighted by Crippen LogP contribution is 2.46. The molecule has 6 nitrogen and oxygen atoms in total. The molecule has 0 unspecified atom stereocenters. The number of rotatable bonds is 9. The lowest BCUT2D eigenvalue weighted by Gasteiger charge is -2.19. The SMILES string of the molecule is COP(=O)(CC(=O)c1cccc(OCCOC(C)(C)C)c1)OC. The molecule has 23 heavy (non-hydrogen) atoms. The van der Waals surface area contributed by atoms with Crippen molar-refractivity contribution in [1.82, 2.24) is 0 Å². The molecule has 0 aliphatic rings. The maximum atomic E-state index is 12.2. The topological polar surface area (TPSA) is 71.1 Å². The molecule has 0 amide bonds. The van der Waals surface area contributed by atoms with Crippen molar-refractivity contribution in [1.29, 1.82) is 0 Å². The molecular formula is C16H25O6P. The van der Waals surface area contributed by atoms with E-state index in [1.807, 2.05) is 20.8 Å². The third-order valence-corrected chi connectivity index (χ3v) is 4.72. The van der Waals surface area contributed by atoms with Crippen LogP contribution < -0.4 is 4.74 Å². The summed E-state index contributed by atoms with van der Waals surface area (Å²) in [5, 5.41) is 0. The summed E-state index contributed by atoms with van der Waals surface area (Å²) in [6.45, 7) is 6.73. The first-order valence-corrected chi connectivity index (χ1v) is 9.02. The molecule has 7 heteroatoms. The van der Waals surface area contributed by atoms with Crippen LogP contribution in [-0.4, -0.2) is 45.0 Å². The maximum absolute atomic E-state index is 12.2. The van der Waals surface area contributed by atoms with Crippen molar-refractivity contribution in [3.05, 3.63) is 29.8 Å². The first-order chi connectivity index (χ1) is 10.7. The highest BCUT2D eigenvalue weighted by molar-refractivity contribution is 7.54. The van der Waals surface area contributed by atoms with Crippen molar-refractivity contribution in [2.24, 2.45) is 0 Å². The van der Waals surface area contributed by atoms with Gasteiger partial charge in [-0.1, -0.05) is 12.1 Å². The fraction of sp³-hybridized carbons (Fsp3) is 0.562. The Labute approximate surface area is 137 Å². The van der Waals surface area contributed by atoms with E-state index in [-0.39, 0.29) is 17.5 Å². The Bertz CT molecular complexity index is 556. The predicted octanol–water partition coefficient (Wildman–Crippen LogP) is 3.55. The van der Waals surface area contributed by atoms with Gasteiger partial charge < -0.3 is 18.5 Å². The van der Waals surface area contributed by atoms with E-state index in [0.29, 0.717) is 24.5 Å². The fourth-order valence-electron chi connectivity index (χ4n) is 1.74. The van der Waals surface area contributed by atoms with Gasteiger partial charge >= 0.3 is 7.60 Å². The van der Waals surface area contributed by atoms with Crippen molar-refractivity contribution >= 4 is 13.4 Å². The van der Waals surface area contributed by atoms with Crippen LogP contribution in [-0.2, 0) is 18.3 Å². The minimum Gasteiger partial charge on any atom is -0.491 e. The van der Waals surface area contributed by atoms with Crippen LogP contribution in [0.15, 0.2) is 24.3 Å². The van der Waals surface area contributed by atoms with Gasteiger partial charge in [-0.25, -0.2) is 0 Å². The zero-order valence-corrected chi connectivity index (χ0v) is 15.2. The summed E-state index contributed by atoms with van der Waals surface area (Å²) < 4.78 is 32.7. The van der Waals surface area contributed by atoms with Crippen LogP contribution in [0.25, 0.3) is 0 Å². The zero-order valence-electron chi connectivity index (χ0n) is 14.3. The number of carbonyl (C=O) groups is 1. The molecule has 0 fully saturated rings. The zero-order chi connectivity index (χ0) is 17.5. The van der Waals surface area contributed by atoms with Crippen LogP contribution >= 0.6 is 7.60 Å². The standard InChI is InChI=1S/C16H25O6P/c1-16(2,3)22-10-9-21-14-8-6-7-13(11-14)15(17)12-23(18,19-4)20-5/h6-8,11H,9-10,12H2,1-5H3. The lowest BCUT2D eigenvalue weighted by molar-refractivity contribution is -0.0163. The minimum absolute atomic E-state index is 0.220. The first-order valence-electron chi connectivity index (χ1n) is 7.30. The smallest absolute Gasteiger partial charge is 0.337 e. The molecule has 0 aromatic heterocycles. The minimum atomic E-state index is -3.37. The van der Waals surface area contributed by atoms with Crippen LogP contribution in [0.5, 0.6) is 5.75 Å². The fourth-order valence-corrected chi connectivity index (χ4v) is 2.68. The Kier molecular flexibility index (Phi) is 7.42. The molecule has 0 bridgehead atoms. The Morgan fingerprint density at radius 1 is 1.13 bits per heavy atom. The molecule has 0 aliphatic carbocycles. The predicted molar refractivity (Wildman–Crippen MR) is 88.5 cm³/mol. The second-order valence-electron chi connectivity index (χ2n) is 5.89. The van der Waals surface area contributed by atoms with E-state index in [9.17, 15) is 9.36 Å². The molecule has 130 valence electrons. The number of benzene rings is 1. The third kappa shape index (κ3) is 7.27. The molecule has 1 rings (SSSR count). The van der Waals surface area contributed by atoms with Crippen LogP contribution in [0.1, 0.15) is 31.1 Å². The maximum Gasteiger partial charge on any atom is 0.337 e. The quantitative estimate of drug-likeness (QED) is 0.388. The number of hydrogen-bond acceptors (Lipinski definition) is 6. The van der Waals surface area contributed by atoms with E-state index >= 15 is 0 Å². The average Bonchev–Trinajstić information content (AvgIpc) is 2.51. The van der Waals surface area contributed by atoms with Gasteiger partial charge in [0.1, 0.15) is 18.5 Å². The largest absolute Gasteiger partial charge is 0.491 e. The monoisotopic (exact) mass is 344 g/mol. The summed E-state index contributed by atoms with van der Waals surface area (Å²) in [4.78, 5) is 12.2. The normalized spacial score (nSPS) is 12.2.